The van der Waals surface area contributed by atoms with E-state index in [0.717, 1.165) is 10.9 Å². The summed E-state index contributed by atoms with van der Waals surface area (Å²) in [5, 5.41) is 0.828. The van der Waals surface area contributed by atoms with Gasteiger partial charge < -0.3 is 4.74 Å². The summed E-state index contributed by atoms with van der Waals surface area (Å²) in [7, 11) is 1.38. The first-order valence-electron chi connectivity index (χ1n) is 4.61. The smallest absolute Gasteiger partial charge is 0.320 e. The van der Waals surface area contributed by atoms with E-state index in [-0.39, 0.29) is 15.6 Å². The lowest BCUT2D eigenvalue weighted by molar-refractivity contribution is -0.139. The van der Waals surface area contributed by atoms with Crippen molar-refractivity contribution in [2.45, 2.75) is 15.0 Å². The van der Waals surface area contributed by atoms with Crippen LogP contribution in [0.1, 0.15) is 16.0 Å². The quantitative estimate of drug-likeness (QED) is 0.550. The maximum absolute atomic E-state index is 11.3. The van der Waals surface area contributed by atoms with E-state index in [0.29, 0.717) is 0 Å². The average molecular weight is 415 g/mol. The summed E-state index contributed by atoms with van der Waals surface area (Å²) in [6.07, 6.45) is 0. The highest BCUT2D eigenvalue weighted by molar-refractivity contribution is 9.12. The van der Waals surface area contributed by atoms with Gasteiger partial charge >= 0.3 is 5.97 Å². The van der Waals surface area contributed by atoms with E-state index in [2.05, 4.69) is 52.5 Å². The van der Waals surface area contributed by atoms with Gasteiger partial charge in [0.1, 0.15) is 4.83 Å². The highest BCUT2D eigenvalue weighted by atomic mass is 79.9. The van der Waals surface area contributed by atoms with Crippen molar-refractivity contribution < 1.29 is 9.53 Å². The van der Waals surface area contributed by atoms with Gasteiger partial charge in [0.2, 0.25) is 0 Å². The fraction of sp³-hybridized carbons (Fsp3) is 0.364. The second-order valence-electron chi connectivity index (χ2n) is 3.20. The Bertz CT molecular complexity index is 351. The number of hydrogen-bond donors (Lipinski definition) is 0. The first-order chi connectivity index (χ1) is 7.60. The van der Waals surface area contributed by atoms with Gasteiger partial charge in [0.05, 0.1) is 11.9 Å². The number of hydrogen-bond acceptors (Lipinski definition) is 2. The van der Waals surface area contributed by atoms with Gasteiger partial charge in [-0.15, -0.1) is 0 Å². The summed E-state index contributed by atoms with van der Waals surface area (Å²) in [4.78, 5) is 10.9. The number of benzene rings is 1. The molecule has 2 unspecified atom stereocenters. The van der Waals surface area contributed by atoms with Crippen LogP contribution in [0, 0.1) is 0 Å². The topological polar surface area (TPSA) is 26.3 Å². The molecule has 16 heavy (non-hydrogen) atoms. The summed E-state index contributed by atoms with van der Waals surface area (Å²) < 4.78 is 4.68. The Morgan fingerprint density at radius 2 is 1.88 bits per heavy atom. The van der Waals surface area contributed by atoms with Gasteiger partial charge in [0.15, 0.2) is 0 Å². The summed E-state index contributed by atoms with van der Waals surface area (Å²) >= 11 is 10.2. The summed E-state index contributed by atoms with van der Waals surface area (Å²) in [6.45, 7) is 0. The number of esters is 1. The Kier molecular flexibility index (Phi) is 6.00. The average Bonchev–Trinajstić information content (AvgIpc) is 2.36. The number of rotatable bonds is 4. The largest absolute Gasteiger partial charge is 0.468 e. The molecule has 0 saturated heterocycles. The number of carbonyl (C=O) groups is 1. The standard InChI is InChI=1S/C11H11Br3O2/c1-16-11(15)10(14)9(13)8-4-2-7(6-12)3-5-8/h2-5,9-10H,6H2,1H3. The van der Waals surface area contributed by atoms with Crippen LogP contribution in [-0.2, 0) is 14.9 Å². The molecule has 0 amide bonds. The van der Waals surface area contributed by atoms with Gasteiger partial charge in [-0.25, -0.2) is 0 Å². The van der Waals surface area contributed by atoms with Crippen LogP contribution in [-0.4, -0.2) is 17.9 Å². The molecule has 88 valence electrons. The third kappa shape index (κ3) is 3.57. The van der Waals surface area contributed by atoms with E-state index in [9.17, 15) is 4.79 Å². The molecule has 0 N–H and O–H groups in total. The van der Waals surface area contributed by atoms with Crippen LogP contribution in [0.4, 0.5) is 0 Å². The molecule has 0 aliphatic rings. The van der Waals surface area contributed by atoms with Gasteiger partial charge in [0.25, 0.3) is 0 Å². The van der Waals surface area contributed by atoms with Gasteiger partial charge in [-0.3, -0.25) is 4.79 Å². The zero-order valence-electron chi connectivity index (χ0n) is 8.62. The number of ether oxygens (including phenoxy) is 1. The zero-order valence-corrected chi connectivity index (χ0v) is 13.4. The normalized spacial score (nSPS) is 14.2. The maximum atomic E-state index is 11.3. The van der Waals surface area contributed by atoms with Crippen molar-refractivity contribution in [3.63, 3.8) is 0 Å². The molecule has 1 rings (SSSR count). The van der Waals surface area contributed by atoms with Gasteiger partial charge in [-0.1, -0.05) is 72.1 Å². The molecule has 0 saturated carbocycles. The number of alkyl halides is 3. The second kappa shape index (κ2) is 6.77. The molecule has 0 fully saturated rings. The van der Waals surface area contributed by atoms with E-state index in [1.165, 1.54) is 12.7 Å². The minimum absolute atomic E-state index is 0.0932. The first kappa shape index (κ1) is 14.2. The molecule has 0 aromatic heterocycles. The Morgan fingerprint density at radius 1 is 1.31 bits per heavy atom. The van der Waals surface area contributed by atoms with Crippen molar-refractivity contribution in [1.29, 1.82) is 0 Å². The third-order valence-electron chi connectivity index (χ3n) is 2.14. The molecule has 1 aromatic rings. The number of methoxy groups -OCH3 is 1. The van der Waals surface area contributed by atoms with Gasteiger partial charge in [-0.05, 0) is 11.1 Å². The van der Waals surface area contributed by atoms with Crippen LogP contribution in [0.3, 0.4) is 0 Å². The minimum Gasteiger partial charge on any atom is -0.468 e. The van der Waals surface area contributed by atoms with E-state index in [1.807, 2.05) is 24.3 Å². The third-order valence-corrected chi connectivity index (χ3v) is 5.45. The molecule has 0 radical (unpaired) electrons. The molecule has 2 atom stereocenters. The molecular weight excluding hydrogens is 404 g/mol. The number of carbonyl (C=O) groups excluding carboxylic acids is 1. The van der Waals surface area contributed by atoms with Gasteiger partial charge in [-0.2, -0.15) is 0 Å². The van der Waals surface area contributed by atoms with Crippen LogP contribution in [0.15, 0.2) is 24.3 Å². The van der Waals surface area contributed by atoms with Crippen LogP contribution in [0.25, 0.3) is 0 Å². The van der Waals surface area contributed by atoms with Crippen molar-refractivity contribution in [3.05, 3.63) is 35.4 Å². The summed E-state index contributed by atoms with van der Waals surface area (Å²) in [6, 6.07) is 8.03. The molecule has 0 aliphatic heterocycles. The van der Waals surface area contributed by atoms with E-state index in [4.69, 9.17) is 0 Å². The lowest BCUT2D eigenvalue weighted by Crippen LogP contribution is -2.20. The number of halogens is 3. The summed E-state index contributed by atoms with van der Waals surface area (Å²) in [5.41, 5.74) is 2.24. The van der Waals surface area contributed by atoms with Gasteiger partial charge in [0, 0.05) is 5.33 Å². The van der Waals surface area contributed by atoms with Crippen LogP contribution < -0.4 is 0 Å². The Morgan fingerprint density at radius 3 is 2.31 bits per heavy atom. The predicted molar refractivity (Wildman–Crippen MR) is 75.5 cm³/mol. The van der Waals surface area contributed by atoms with Crippen molar-refractivity contribution in [1.82, 2.24) is 0 Å². The monoisotopic (exact) mass is 412 g/mol. The molecule has 0 spiro atoms. The molecule has 0 aliphatic carbocycles. The summed E-state index contributed by atoms with van der Waals surface area (Å²) in [5.74, 6) is -0.286. The fourth-order valence-corrected chi connectivity index (χ4v) is 2.58. The van der Waals surface area contributed by atoms with Crippen molar-refractivity contribution in [3.8, 4) is 0 Å². The zero-order chi connectivity index (χ0) is 12.1. The second-order valence-corrected chi connectivity index (χ2v) is 5.74. The molecule has 5 heteroatoms. The molecule has 1 aromatic carbocycles. The van der Waals surface area contributed by atoms with E-state index >= 15 is 0 Å². The SMILES string of the molecule is COC(=O)C(Br)C(Br)c1ccc(CBr)cc1. The minimum atomic E-state index is -0.382. The lowest BCUT2D eigenvalue weighted by atomic mass is 10.1. The highest BCUT2D eigenvalue weighted by Gasteiger charge is 2.25. The van der Waals surface area contributed by atoms with Crippen LogP contribution in [0.2, 0.25) is 0 Å². The van der Waals surface area contributed by atoms with Crippen LogP contribution in [0.5, 0.6) is 0 Å². The maximum Gasteiger partial charge on any atom is 0.320 e. The van der Waals surface area contributed by atoms with E-state index < -0.39 is 0 Å². The highest BCUT2D eigenvalue weighted by Crippen LogP contribution is 2.32. The Balaban J connectivity index is 2.79. The van der Waals surface area contributed by atoms with Crippen LogP contribution >= 0.6 is 47.8 Å². The predicted octanol–water partition coefficient (Wildman–Crippen LogP) is 3.95. The molecule has 2 nitrogen and oxygen atoms in total. The van der Waals surface area contributed by atoms with Crippen molar-refractivity contribution in [2.75, 3.05) is 7.11 Å². The fourth-order valence-electron chi connectivity index (χ4n) is 1.19. The Hall–Kier alpha value is 0.130. The van der Waals surface area contributed by atoms with E-state index in [1.54, 1.807) is 0 Å². The molecule has 0 bridgehead atoms. The van der Waals surface area contributed by atoms with Crippen molar-refractivity contribution >= 4 is 53.8 Å². The molecular formula is C11H11Br3O2. The first-order valence-corrected chi connectivity index (χ1v) is 7.56. The lowest BCUT2D eigenvalue weighted by Gasteiger charge is -2.15. The van der Waals surface area contributed by atoms with Crippen molar-refractivity contribution in [2.24, 2.45) is 0 Å². The molecule has 0 heterocycles. The Labute approximate surface area is 120 Å².